The fourth-order valence-electron chi connectivity index (χ4n) is 8.11. The second-order valence-corrected chi connectivity index (χ2v) is 17.7. The van der Waals surface area contributed by atoms with E-state index in [0.29, 0.717) is 53.8 Å². The van der Waals surface area contributed by atoms with Gasteiger partial charge in [-0.3, -0.25) is 29.0 Å². The number of nitrogens with one attached hydrogen (secondary N) is 4. The zero-order valence-electron chi connectivity index (χ0n) is 36.8. The summed E-state index contributed by atoms with van der Waals surface area (Å²) in [6.45, 7) is 8.34. The van der Waals surface area contributed by atoms with Crippen molar-refractivity contribution in [2.75, 3.05) is 43.6 Å². The summed E-state index contributed by atoms with van der Waals surface area (Å²) in [5, 5.41) is 31.0. The van der Waals surface area contributed by atoms with Gasteiger partial charge in [0.1, 0.15) is 30.1 Å². The number of ether oxygens (including phenoxy) is 2. The molecule has 18 heteroatoms. The van der Waals surface area contributed by atoms with Crippen LogP contribution < -0.4 is 25.6 Å². The van der Waals surface area contributed by atoms with Crippen molar-refractivity contribution in [3.05, 3.63) is 95.4 Å². The maximum absolute atomic E-state index is 14.2. The first-order valence-corrected chi connectivity index (χ1v) is 21.7. The second kappa shape index (κ2) is 19.6. The van der Waals surface area contributed by atoms with Gasteiger partial charge in [-0.05, 0) is 73.2 Å². The van der Waals surface area contributed by atoms with Crippen LogP contribution >= 0.6 is 11.6 Å². The van der Waals surface area contributed by atoms with Crippen molar-refractivity contribution >= 4 is 46.6 Å². The number of β-amino-alcohol motifs (C(OH)–C–C–N with tert-alkyl or cyclic N) is 1. The average molecular weight is 895 g/mol. The number of aromatic nitrogens is 5. The zero-order valence-corrected chi connectivity index (χ0v) is 37.6. The number of piperidine rings is 1. The van der Waals surface area contributed by atoms with E-state index in [2.05, 4.69) is 41.1 Å². The highest BCUT2D eigenvalue weighted by atomic mass is 35.5. The summed E-state index contributed by atoms with van der Waals surface area (Å²) in [5.74, 6) is -1.22. The van der Waals surface area contributed by atoms with Gasteiger partial charge in [-0.15, -0.1) is 0 Å². The van der Waals surface area contributed by atoms with Gasteiger partial charge < -0.3 is 40.3 Å². The molecule has 7 rings (SSSR count). The van der Waals surface area contributed by atoms with Crippen LogP contribution in [0.25, 0.3) is 22.6 Å². The van der Waals surface area contributed by atoms with Crippen molar-refractivity contribution < 1.29 is 33.8 Å². The second-order valence-electron chi connectivity index (χ2n) is 17.3. The van der Waals surface area contributed by atoms with Crippen molar-refractivity contribution in [1.82, 2.24) is 40.5 Å². The lowest BCUT2D eigenvalue weighted by atomic mass is 9.85. The van der Waals surface area contributed by atoms with E-state index in [1.807, 2.05) is 65.1 Å². The summed E-state index contributed by atoms with van der Waals surface area (Å²) in [7, 11) is 3.37. The Morgan fingerprint density at radius 2 is 1.78 bits per heavy atom. The van der Waals surface area contributed by atoms with E-state index in [4.69, 9.17) is 21.1 Å². The topological polar surface area (TPSA) is 209 Å². The lowest BCUT2D eigenvalue weighted by molar-refractivity contribution is -0.145. The number of halogens is 1. The van der Waals surface area contributed by atoms with Crippen molar-refractivity contribution in [3.63, 3.8) is 0 Å². The minimum atomic E-state index is -0.993. The fourth-order valence-corrected chi connectivity index (χ4v) is 8.40. The molecule has 5 aromatic rings. The van der Waals surface area contributed by atoms with Gasteiger partial charge in [0.2, 0.25) is 17.7 Å². The van der Waals surface area contributed by atoms with E-state index in [-0.39, 0.29) is 37.3 Å². The van der Waals surface area contributed by atoms with E-state index < -0.39 is 47.4 Å². The molecule has 2 fully saturated rings. The zero-order chi connectivity index (χ0) is 45.7. The van der Waals surface area contributed by atoms with Gasteiger partial charge in [0, 0.05) is 62.8 Å². The van der Waals surface area contributed by atoms with Crippen LogP contribution in [0.5, 0.6) is 5.75 Å². The standard InChI is InChI=1S/C46H55ClN10O7/c1-27(28-10-12-32(33(47)22-28)38-15-19-49-55(38)5)50-44(61)39-24-30(58)25-57(39)45(62)42(46(2,3)4)53-41(59)26-64-31-16-20-56(21-17-31)29-11-13-36(40(23-29)63-6)52-43(60)37-9-7-8-34(51-37)35-14-18-48-54-35/h7-15,18-19,22-23,27,30-31,39,42,58H,16-17,20-21,24-26H2,1-6H3,(H,48,54)(H,50,61)(H,52,60)(H,53,59)/t27-,30-,39+,42-/m1/s1. The third-order valence-electron chi connectivity index (χ3n) is 11.7. The van der Waals surface area contributed by atoms with Crippen molar-refractivity contribution in [2.24, 2.45) is 12.5 Å². The Morgan fingerprint density at radius 3 is 2.45 bits per heavy atom. The van der Waals surface area contributed by atoms with E-state index in [1.165, 1.54) is 4.90 Å². The normalized spacial score (nSPS) is 17.8. The SMILES string of the molecule is COc1cc(N2CCC(OCC(=O)N[C@H](C(=O)N3C[C@H](O)C[C@H]3C(=O)N[C@H](C)c3ccc(-c4ccnn4C)c(Cl)c3)C(C)(C)C)CC2)ccc1NC(=O)c1cccc(-c2ccn[nH]2)n1. The third kappa shape index (κ3) is 10.5. The van der Waals surface area contributed by atoms with Crippen LogP contribution in [0.3, 0.4) is 0 Å². The van der Waals surface area contributed by atoms with Gasteiger partial charge in [0.25, 0.3) is 5.91 Å². The number of H-pyrrole nitrogens is 1. The Balaban J connectivity index is 0.903. The number of benzene rings is 2. The lowest BCUT2D eigenvalue weighted by Crippen LogP contribution is -2.58. The van der Waals surface area contributed by atoms with Gasteiger partial charge in [-0.25, -0.2) is 4.98 Å². The Labute approximate surface area is 376 Å². The first-order valence-electron chi connectivity index (χ1n) is 21.3. The van der Waals surface area contributed by atoms with Crippen LogP contribution in [0, 0.1) is 5.41 Å². The number of nitrogens with zero attached hydrogens (tertiary/aromatic N) is 6. The molecule has 0 radical (unpaired) electrons. The molecule has 64 heavy (non-hydrogen) atoms. The predicted octanol–water partition coefficient (Wildman–Crippen LogP) is 5.14. The fraction of sp³-hybridized carbons (Fsp3) is 0.413. The molecule has 0 aliphatic carbocycles. The molecule has 5 N–H and O–H groups in total. The lowest BCUT2D eigenvalue weighted by Gasteiger charge is -2.36. The van der Waals surface area contributed by atoms with E-state index in [9.17, 15) is 24.3 Å². The summed E-state index contributed by atoms with van der Waals surface area (Å²) in [6.07, 6.45) is 3.57. The molecule has 4 amide bonds. The van der Waals surface area contributed by atoms with Gasteiger partial charge in [-0.2, -0.15) is 10.2 Å². The van der Waals surface area contributed by atoms with Crippen LogP contribution in [0.15, 0.2) is 79.1 Å². The molecule has 0 unspecified atom stereocenters. The number of carbonyl (C=O) groups excluding carboxylic acids is 4. The Morgan fingerprint density at radius 1 is 1.00 bits per heavy atom. The maximum atomic E-state index is 14.2. The van der Waals surface area contributed by atoms with E-state index in [0.717, 1.165) is 22.5 Å². The molecule has 0 spiro atoms. The Hall–Kier alpha value is -6.30. The highest BCUT2D eigenvalue weighted by Gasteiger charge is 2.45. The number of aliphatic hydroxyl groups excluding tert-OH is 1. The number of hydrogen-bond donors (Lipinski definition) is 5. The number of amides is 4. The van der Waals surface area contributed by atoms with Crippen LogP contribution in [-0.2, 0) is 26.2 Å². The minimum absolute atomic E-state index is 0.0451. The van der Waals surface area contributed by atoms with Crippen LogP contribution in [0.1, 0.15) is 69.1 Å². The number of likely N-dealkylation sites (tertiary alicyclic amines) is 1. The van der Waals surface area contributed by atoms with Crippen LogP contribution in [0.2, 0.25) is 5.02 Å². The summed E-state index contributed by atoms with van der Waals surface area (Å²) in [5.41, 5.74) is 4.65. The quantitative estimate of drug-likeness (QED) is 0.0986. The molecule has 5 heterocycles. The van der Waals surface area contributed by atoms with Crippen LogP contribution in [0.4, 0.5) is 11.4 Å². The molecule has 3 aromatic heterocycles. The molecule has 0 saturated carbocycles. The predicted molar refractivity (Wildman–Crippen MR) is 242 cm³/mol. The number of aryl methyl sites for hydroxylation is 1. The molecule has 2 aliphatic rings. The molecule has 2 aliphatic heterocycles. The monoisotopic (exact) mass is 894 g/mol. The molecular weight excluding hydrogens is 840 g/mol. The van der Waals surface area contributed by atoms with E-state index in [1.54, 1.807) is 60.6 Å². The maximum Gasteiger partial charge on any atom is 0.274 e. The third-order valence-corrected chi connectivity index (χ3v) is 12.0. The number of aliphatic hydroxyl groups is 1. The van der Waals surface area contributed by atoms with Crippen molar-refractivity contribution in [3.8, 4) is 28.4 Å². The number of carbonyl (C=O) groups is 4. The first kappa shape index (κ1) is 45.7. The van der Waals surface area contributed by atoms with Crippen molar-refractivity contribution in [1.29, 1.82) is 0 Å². The van der Waals surface area contributed by atoms with Gasteiger partial charge in [0.15, 0.2) is 0 Å². The van der Waals surface area contributed by atoms with Gasteiger partial charge in [0.05, 0.1) is 53.2 Å². The number of hydrogen-bond acceptors (Lipinski definition) is 11. The number of aromatic amines is 1. The van der Waals surface area contributed by atoms with E-state index >= 15 is 0 Å². The molecular formula is C46H55ClN10O7. The Bertz CT molecular complexity index is 2460. The smallest absolute Gasteiger partial charge is 0.274 e. The molecule has 0 bridgehead atoms. The summed E-state index contributed by atoms with van der Waals surface area (Å²) in [4.78, 5) is 62.5. The Kier molecular flexibility index (Phi) is 14.0. The van der Waals surface area contributed by atoms with Gasteiger partial charge in [-0.1, -0.05) is 50.6 Å². The number of pyridine rings is 1. The first-order chi connectivity index (χ1) is 30.6. The summed E-state index contributed by atoms with van der Waals surface area (Å²) < 4.78 is 13.4. The summed E-state index contributed by atoms with van der Waals surface area (Å²) >= 11 is 6.65. The molecule has 17 nitrogen and oxygen atoms in total. The molecule has 2 aromatic carbocycles. The number of rotatable bonds is 14. The van der Waals surface area contributed by atoms with Crippen LogP contribution in [-0.4, -0.2) is 116 Å². The molecule has 2 saturated heterocycles. The largest absolute Gasteiger partial charge is 0.494 e. The highest BCUT2D eigenvalue weighted by Crippen LogP contribution is 2.33. The highest BCUT2D eigenvalue weighted by molar-refractivity contribution is 6.33. The minimum Gasteiger partial charge on any atom is -0.494 e. The summed E-state index contributed by atoms with van der Waals surface area (Å²) in [6, 6.07) is 17.6. The number of anilines is 2. The van der Waals surface area contributed by atoms with Crippen molar-refractivity contribution in [2.45, 2.75) is 77.3 Å². The average Bonchev–Trinajstić information content (AvgIpc) is 4.07. The molecule has 338 valence electrons. The molecule has 4 atom stereocenters. The number of methoxy groups -OCH3 is 1. The van der Waals surface area contributed by atoms with Gasteiger partial charge >= 0.3 is 0 Å².